The van der Waals surface area contributed by atoms with Crippen molar-refractivity contribution in [1.29, 1.82) is 0 Å². The van der Waals surface area contributed by atoms with Gasteiger partial charge < -0.3 is 5.32 Å². The molecule has 1 aliphatic heterocycles. The zero-order valence-electron chi connectivity index (χ0n) is 13.8. The molecule has 0 radical (unpaired) electrons. The molecule has 0 bridgehead atoms. The van der Waals surface area contributed by atoms with Crippen molar-refractivity contribution in [3.8, 4) is 0 Å². The van der Waals surface area contributed by atoms with Gasteiger partial charge in [0.15, 0.2) is 0 Å². The topological polar surface area (TPSA) is 41.0 Å². The quantitative estimate of drug-likeness (QED) is 0.912. The van der Waals surface area contributed by atoms with Crippen molar-refractivity contribution in [2.45, 2.75) is 25.8 Å². The summed E-state index contributed by atoms with van der Waals surface area (Å²) in [6.45, 7) is 3.28. The van der Waals surface area contributed by atoms with Gasteiger partial charge in [-0.15, -0.1) is 0 Å². The lowest BCUT2D eigenvalue weighted by Crippen LogP contribution is -2.50. The average Bonchev–Trinajstić information content (AvgIpc) is 2.56. The number of anilines is 1. The van der Waals surface area contributed by atoms with E-state index in [-0.39, 0.29) is 13.1 Å². The molecule has 0 amide bonds. The van der Waals surface area contributed by atoms with Crippen molar-refractivity contribution in [3.63, 3.8) is 0 Å². The van der Waals surface area contributed by atoms with Crippen molar-refractivity contribution in [1.82, 2.24) is 14.9 Å². The summed E-state index contributed by atoms with van der Waals surface area (Å²) in [7, 11) is 0. The Morgan fingerprint density at radius 1 is 1.25 bits per heavy atom. The molecular formula is C18H22F2N4. The molecule has 3 rings (SSSR count). The SMILES string of the molecule is Cc1ccc(CN2CC[C@H](CNc3cnccn3)C(F)(F)C2)cc1. The molecule has 0 saturated carbocycles. The molecule has 1 N–H and O–H groups in total. The molecule has 1 aromatic heterocycles. The fourth-order valence-electron chi connectivity index (χ4n) is 3.01. The zero-order valence-corrected chi connectivity index (χ0v) is 13.8. The van der Waals surface area contributed by atoms with Crippen LogP contribution in [0, 0.1) is 12.8 Å². The molecule has 1 fully saturated rings. The summed E-state index contributed by atoms with van der Waals surface area (Å²) in [6, 6.07) is 8.06. The van der Waals surface area contributed by atoms with Crippen LogP contribution in [0.5, 0.6) is 0 Å². The molecule has 1 saturated heterocycles. The highest BCUT2D eigenvalue weighted by atomic mass is 19.3. The highest BCUT2D eigenvalue weighted by Crippen LogP contribution is 2.33. The van der Waals surface area contributed by atoms with Gasteiger partial charge in [-0.3, -0.25) is 9.88 Å². The summed E-state index contributed by atoms with van der Waals surface area (Å²) >= 11 is 0. The van der Waals surface area contributed by atoms with Crippen LogP contribution in [0.2, 0.25) is 0 Å². The number of halogens is 2. The number of piperidine rings is 1. The van der Waals surface area contributed by atoms with E-state index in [1.165, 1.54) is 5.56 Å². The van der Waals surface area contributed by atoms with E-state index in [0.717, 1.165) is 5.56 Å². The second kappa shape index (κ2) is 7.21. The fraction of sp³-hybridized carbons (Fsp3) is 0.444. The average molecular weight is 332 g/mol. The maximum absolute atomic E-state index is 14.5. The minimum atomic E-state index is -2.71. The first-order valence-electron chi connectivity index (χ1n) is 8.18. The van der Waals surface area contributed by atoms with Crippen LogP contribution in [-0.4, -0.2) is 40.4 Å². The molecular weight excluding hydrogens is 310 g/mol. The van der Waals surface area contributed by atoms with Crippen molar-refractivity contribution in [3.05, 3.63) is 54.0 Å². The number of hydrogen-bond donors (Lipinski definition) is 1. The molecule has 0 aliphatic carbocycles. The predicted octanol–water partition coefficient (Wildman–Crippen LogP) is 3.35. The fourth-order valence-corrected chi connectivity index (χ4v) is 3.01. The Bertz CT molecular complexity index is 646. The Morgan fingerprint density at radius 2 is 2.04 bits per heavy atom. The van der Waals surface area contributed by atoms with Gasteiger partial charge in [0, 0.05) is 31.4 Å². The normalized spacial score (nSPS) is 20.7. The summed E-state index contributed by atoms with van der Waals surface area (Å²) in [5.41, 5.74) is 2.26. The molecule has 24 heavy (non-hydrogen) atoms. The van der Waals surface area contributed by atoms with Crippen molar-refractivity contribution in [2.24, 2.45) is 5.92 Å². The maximum Gasteiger partial charge on any atom is 0.265 e. The van der Waals surface area contributed by atoms with Crippen molar-refractivity contribution < 1.29 is 8.78 Å². The van der Waals surface area contributed by atoms with E-state index in [9.17, 15) is 8.78 Å². The number of aromatic nitrogens is 2. The zero-order chi connectivity index (χ0) is 17.0. The molecule has 2 heterocycles. The third-order valence-corrected chi connectivity index (χ3v) is 4.45. The number of hydrogen-bond acceptors (Lipinski definition) is 4. The first-order chi connectivity index (χ1) is 11.5. The van der Waals surface area contributed by atoms with Crippen molar-refractivity contribution >= 4 is 5.82 Å². The van der Waals surface area contributed by atoms with Gasteiger partial charge in [-0.25, -0.2) is 13.8 Å². The van der Waals surface area contributed by atoms with E-state index in [4.69, 9.17) is 0 Å². The molecule has 128 valence electrons. The van der Waals surface area contributed by atoms with E-state index in [1.54, 1.807) is 18.6 Å². The molecule has 6 heteroatoms. The molecule has 1 aliphatic rings. The Labute approximate surface area is 140 Å². The summed E-state index contributed by atoms with van der Waals surface area (Å²) in [6.07, 6.45) is 5.12. The van der Waals surface area contributed by atoms with E-state index in [1.807, 2.05) is 36.1 Å². The number of nitrogens with zero attached hydrogens (tertiary/aromatic N) is 3. The van der Waals surface area contributed by atoms with Gasteiger partial charge in [-0.05, 0) is 25.5 Å². The minimum Gasteiger partial charge on any atom is -0.368 e. The van der Waals surface area contributed by atoms with Gasteiger partial charge in [0.25, 0.3) is 5.92 Å². The molecule has 0 unspecified atom stereocenters. The number of rotatable bonds is 5. The standard InChI is InChI=1S/C18H22F2N4/c1-14-2-4-15(5-3-14)12-24-9-6-16(18(19,20)13-24)10-23-17-11-21-7-8-22-17/h2-5,7-8,11,16H,6,9-10,12-13H2,1H3,(H,22,23)/t16-/m1/s1. The van der Waals surface area contributed by atoms with Crippen LogP contribution in [-0.2, 0) is 6.54 Å². The number of nitrogens with one attached hydrogen (secondary N) is 1. The molecule has 1 aromatic carbocycles. The van der Waals surface area contributed by atoms with E-state index in [0.29, 0.717) is 25.3 Å². The number of alkyl halides is 2. The number of likely N-dealkylation sites (tertiary alicyclic amines) is 1. The van der Waals surface area contributed by atoms with Gasteiger partial charge in [0.05, 0.1) is 12.7 Å². The van der Waals surface area contributed by atoms with Crippen LogP contribution < -0.4 is 5.32 Å². The van der Waals surface area contributed by atoms with Crippen LogP contribution in [0.3, 0.4) is 0 Å². The minimum absolute atomic E-state index is 0.201. The van der Waals surface area contributed by atoms with Gasteiger partial charge in [-0.1, -0.05) is 29.8 Å². The first kappa shape index (κ1) is 16.8. The number of benzene rings is 1. The second-order valence-corrected chi connectivity index (χ2v) is 6.41. The smallest absolute Gasteiger partial charge is 0.265 e. The van der Waals surface area contributed by atoms with Crippen LogP contribution in [0.15, 0.2) is 42.9 Å². The molecule has 1 atom stereocenters. The summed E-state index contributed by atoms with van der Waals surface area (Å²) in [5.74, 6) is -2.86. The lowest BCUT2D eigenvalue weighted by molar-refractivity contribution is -0.108. The molecule has 4 nitrogen and oxygen atoms in total. The lowest BCUT2D eigenvalue weighted by atomic mass is 9.92. The lowest BCUT2D eigenvalue weighted by Gasteiger charge is -2.38. The van der Waals surface area contributed by atoms with Gasteiger partial charge in [-0.2, -0.15) is 0 Å². The Kier molecular flexibility index (Phi) is 5.04. The third-order valence-electron chi connectivity index (χ3n) is 4.45. The Balaban J connectivity index is 1.55. The largest absolute Gasteiger partial charge is 0.368 e. The maximum atomic E-state index is 14.5. The van der Waals surface area contributed by atoms with Crippen LogP contribution >= 0.6 is 0 Å². The predicted molar refractivity (Wildman–Crippen MR) is 90.0 cm³/mol. The van der Waals surface area contributed by atoms with Crippen LogP contribution in [0.4, 0.5) is 14.6 Å². The van der Waals surface area contributed by atoms with E-state index >= 15 is 0 Å². The highest BCUT2D eigenvalue weighted by Gasteiger charge is 2.44. The van der Waals surface area contributed by atoms with E-state index < -0.39 is 11.8 Å². The van der Waals surface area contributed by atoms with Crippen LogP contribution in [0.25, 0.3) is 0 Å². The summed E-state index contributed by atoms with van der Waals surface area (Å²) < 4.78 is 28.9. The van der Waals surface area contributed by atoms with Gasteiger partial charge in [0.2, 0.25) is 0 Å². The second-order valence-electron chi connectivity index (χ2n) is 6.41. The van der Waals surface area contributed by atoms with E-state index in [2.05, 4.69) is 15.3 Å². The Hall–Kier alpha value is -2.08. The highest BCUT2D eigenvalue weighted by molar-refractivity contribution is 5.30. The summed E-state index contributed by atoms with van der Waals surface area (Å²) in [4.78, 5) is 9.83. The third kappa shape index (κ3) is 4.26. The number of aryl methyl sites for hydroxylation is 1. The molecule has 2 aromatic rings. The summed E-state index contributed by atoms with van der Waals surface area (Å²) in [5, 5.41) is 2.97. The van der Waals surface area contributed by atoms with Crippen molar-refractivity contribution in [2.75, 3.05) is 25.0 Å². The first-order valence-corrected chi connectivity index (χ1v) is 8.18. The monoisotopic (exact) mass is 332 g/mol. The molecule has 0 spiro atoms. The Morgan fingerprint density at radius 3 is 2.71 bits per heavy atom. The van der Waals surface area contributed by atoms with Gasteiger partial charge >= 0.3 is 0 Å². The van der Waals surface area contributed by atoms with Gasteiger partial charge in [0.1, 0.15) is 5.82 Å². The van der Waals surface area contributed by atoms with Crippen LogP contribution in [0.1, 0.15) is 17.5 Å².